The van der Waals surface area contributed by atoms with Gasteiger partial charge >= 0.3 is 0 Å². The standard InChI is InChI=1S/C9H21NSi/c1-6-8-9-11(5,7-2)10(3)4/h8-9H,6-7H2,1-5H3. The summed E-state index contributed by atoms with van der Waals surface area (Å²) in [4.78, 5) is 0. The van der Waals surface area contributed by atoms with Crippen molar-refractivity contribution in [2.75, 3.05) is 14.1 Å². The predicted octanol–water partition coefficient (Wildman–Crippen LogP) is 2.65. The second-order valence-corrected chi connectivity index (χ2v) is 8.06. The van der Waals surface area contributed by atoms with Crippen molar-refractivity contribution < 1.29 is 0 Å². The van der Waals surface area contributed by atoms with Gasteiger partial charge in [0.15, 0.2) is 0 Å². The summed E-state index contributed by atoms with van der Waals surface area (Å²) >= 11 is 0. The highest BCUT2D eigenvalue weighted by molar-refractivity contribution is 6.80. The van der Waals surface area contributed by atoms with Gasteiger partial charge in [0, 0.05) is 0 Å². The molecule has 11 heavy (non-hydrogen) atoms. The van der Waals surface area contributed by atoms with Gasteiger partial charge in [0.1, 0.15) is 8.24 Å². The molecule has 0 heterocycles. The molecular formula is C9H21NSi. The maximum absolute atomic E-state index is 2.44. The van der Waals surface area contributed by atoms with Crippen LogP contribution in [0.2, 0.25) is 12.6 Å². The van der Waals surface area contributed by atoms with E-state index in [0.29, 0.717) is 0 Å². The summed E-state index contributed by atoms with van der Waals surface area (Å²) in [6.07, 6.45) is 3.46. The Morgan fingerprint density at radius 3 is 2.09 bits per heavy atom. The number of hydrogen-bond donors (Lipinski definition) is 0. The molecule has 1 unspecified atom stereocenters. The van der Waals surface area contributed by atoms with Crippen molar-refractivity contribution in [1.29, 1.82) is 0 Å². The van der Waals surface area contributed by atoms with E-state index >= 15 is 0 Å². The first-order chi connectivity index (χ1) is 5.06. The Kier molecular flexibility index (Phi) is 4.69. The first-order valence-electron chi connectivity index (χ1n) is 4.42. The molecule has 0 bridgehead atoms. The smallest absolute Gasteiger partial charge is 0.148 e. The summed E-state index contributed by atoms with van der Waals surface area (Å²) < 4.78 is 2.40. The Hall–Kier alpha value is -0.0831. The van der Waals surface area contributed by atoms with Crippen LogP contribution in [0.1, 0.15) is 20.3 Å². The van der Waals surface area contributed by atoms with Gasteiger partial charge in [0.25, 0.3) is 0 Å². The van der Waals surface area contributed by atoms with Crippen LogP contribution in [0.5, 0.6) is 0 Å². The highest BCUT2D eigenvalue weighted by Gasteiger charge is 2.23. The van der Waals surface area contributed by atoms with Crippen molar-refractivity contribution in [3.8, 4) is 0 Å². The van der Waals surface area contributed by atoms with E-state index in [1.165, 1.54) is 6.04 Å². The van der Waals surface area contributed by atoms with E-state index in [9.17, 15) is 0 Å². The SMILES string of the molecule is CCC=C[Si](C)(CC)N(C)C. The van der Waals surface area contributed by atoms with Crippen LogP contribution in [0.4, 0.5) is 0 Å². The zero-order chi connectivity index (χ0) is 8.91. The predicted molar refractivity (Wildman–Crippen MR) is 55.2 cm³/mol. The summed E-state index contributed by atoms with van der Waals surface area (Å²) in [5.74, 6) is 0. The van der Waals surface area contributed by atoms with Crippen molar-refractivity contribution in [2.24, 2.45) is 0 Å². The van der Waals surface area contributed by atoms with Crippen LogP contribution in [0.25, 0.3) is 0 Å². The molecule has 0 aromatic heterocycles. The topological polar surface area (TPSA) is 3.24 Å². The van der Waals surface area contributed by atoms with E-state index < -0.39 is 8.24 Å². The van der Waals surface area contributed by atoms with Crippen LogP contribution in [0, 0.1) is 0 Å². The molecule has 2 heteroatoms. The van der Waals surface area contributed by atoms with E-state index in [1.807, 2.05) is 0 Å². The second kappa shape index (κ2) is 4.73. The van der Waals surface area contributed by atoms with Gasteiger partial charge in [0.2, 0.25) is 0 Å². The molecule has 0 N–H and O–H groups in total. The average Bonchev–Trinajstić information content (AvgIpc) is 2.00. The number of rotatable bonds is 4. The highest BCUT2D eigenvalue weighted by Crippen LogP contribution is 2.13. The first kappa shape index (κ1) is 10.9. The fraction of sp³-hybridized carbons (Fsp3) is 0.778. The lowest BCUT2D eigenvalue weighted by Crippen LogP contribution is -2.44. The lowest BCUT2D eigenvalue weighted by atomic mass is 10.5. The zero-order valence-electron chi connectivity index (χ0n) is 8.52. The van der Waals surface area contributed by atoms with Crippen LogP contribution in [-0.4, -0.2) is 26.9 Å². The monoisotopic (exact) mass is 171 g/mol. The summed E-state index contributed by atoms with van der Waals surface area (Å²) in [7, 11) is 3.21. The van der Waals surface area contributed by atoms with E-state index in [2.05, 4.69) is 50.8 Å². The van der Waals surface area contributed by atoms with Crippen LogP contribution in [0.3, 0.4) is 0 Å². The average molecular weight is 171 g/mol. The van der Waals surface area contributed by atoms with Gasteiger partial charge < -0.3 is 4.57 Å². The third-order valence-corrected chi connectivity index (χ3v) is 6.88. The number of nitrogens with zero attached hydrogens (tertiary/aromatic N) is 1. The van der Waals surface area contributed by atoms with Gasteiger partial charge in [-0.1, -0.05) is 32.2 Å². The van der Waals surface area contributed by atoms with Crippen molar-refractivity contribution in [1.82, 2.24) is 4.57 Å². The van der Waals surface area contributed by atoms with Crippen LogP contribution < -0.4 is 0 Å². The normalized spacial score (nSPS) is 17.6. The van der Waals surface area contributed by atoms with Gasteiger partial charge in [-0.2, -0.15) is 0 Å². The lowest BCUT2D eigenvalue weighted by molar-refractivity contribution is 0.624. The van der Waals surface area contributed by atoms with Crippen molar-refractivity contribution in [2.45, 2.75) is 32.9 Å². The van der Waals surface area contributed by atoms with Gasteiger partial charge in [-0.15, -0.1) is 0 Å². The van der Waals surface area contributed by atoms with Gasteiger partial charge in [-0.3, -0.25) is 0 Å². The molecule has 0 aliphatic heterocycles. The molecule has 0 radical (unpaired) electrons. The zero-order valence-corrected chi connectivity index (χ0v) is 9.52. The summed E-state index contributed by atoms with van der Waals surface area (Å²) in [5, 5.41) is 0. The van der Waals surface area contributed by atoms with Gasteiger partial charge in [-0.05, 0) is 26.6 Å². The Labute approximate surface area is 72.2 Å². The minimum atomic E-state index is -1.17. The first-order valence-corrected chi connectivity index (χ1v) is 7.15. The van der Waals surface area contributed by atoms with Crippen molar-refractivity contribution in [3.63, 3.8) is 0 Å². The maximum Gasteiger partial charge on any atom is 0.148 e. The Morgan fingerprint density at radius 2 is 1.82 bits per heavy atom. The molecule has 0 aliphatic rings. The van der Waals surface area contributed by atoms with Crippen LogP contribution in [-0.2, 0) is 0 Å². The Balaban J connectivity index is 4.21. The molecule has 0 saturated heterocycles. The minimum Gasteiger partial charge on any atom is -0.326 e. The van der Waals surface area contributed by atoms with Crippen molar-refractivity contribution >= 4 is 8.24 Å². The Bertz CT molecular complexity index is 132. The van der Waals surface area contributed by atoms with Gasteiger partial charge in [-0.25, -0.2) is 0 Å². The third kappa shape index (κ3) is 3.21. The fourth-order valence-corrected chi connectivity index (χ4v) is 2.86. The molecule has 0 amide bonds. The molecular weight excluding hydrogens is 150 g/mol. The highest BCUT2D eigenvalue weighted by atomic mass is 28.3. The van der Waals surface area contributed by atoms with E-state index in [0.717, 1.165) is 6.42 Å². The molecule has 1 atom stereocenters. The molecule has 1 nitrogen and oxygen atoms in total. The van der Waals surface area contributed by atoms with Gasteiger partial charge in [0.05, 0.1) is 0 Å². The van der Waals surface area contributed by atoms with E-state index in [-0.39, 0.29) is 0 Å². The quantitative estimate of drug-likeness (QED) is 0.588. The van der Waals surface area contributed by atoms with Crippen LogP contribution >= 0.6 is 0 Å². The minimum absolute atomic E-state index is 1.16. The summed E-state index contributed by atoms with van der Waals surface area (Å²) in [6, 6.07) is 1.30. The van der Waals surface area contributed by atoms with E-state index in [1.54, 1.807) is 0 Å². The molecule has 0 spiro atoms. The molecule has 66 valence electrons. The largest absolute Gasteiger partial charge is 0.326 e. The lowest BCUT2D eigenvalue weighted by Gasteiger charge is -2.29. The van der Waals surface area contributed by atoms with Crippen LogP contribution in [0.15, 0.2) is 11.8 Å². The molecule has 0 saturated carbocycles. The third-order valence-electron chi connectivity index (χ3n) is 2.45. The fourth-order valence-electron chi connectivity index (χ4n) is 0.955. The molecule has 0 aliphatic carbocycles. The maximum atomic E-state index is 2.44. The molecule has 0 rings (SSSR count). The second-order valence-electron chi connectivity index (χ2n) is 3.42. The number of hydrogen-bond acceptors (Lipinski definition) is 1. The molecule has 0 aromatic carbocycles. The summed E-state index contributed by atoms with van der Waals surface area (Å²) in [6.45, 7) is 6.88. The molecule has 0 fully saturated rings. The summed E-state index contributed by atoms with van der Waals surface area (Å²) in [5.41, 5.74) is 2.44. The Morgan fingerprint density at radius 1 is 1.27 bits per heavy atom. The number of allylic oxidation sites excluding steroid dienone is 1. The van der Waals surface area contributed by atoms with Crippen molar-refractivity contribution in [3.05, 3.63) is 11.8 Å². The molecule has 0 aromatic rings. The van der Waals surface area contributed by atoms with E-state index in [4.69, 9.17) is 0 Å².